The summed E-state index contributed by atoms with van der Waals surface area (Å²) in [6.07, 6.45) is 0.587. The smallest absolute Gasteiger partial charge is 0.180 e. The van der Waals surface area contributed by atoms with Gasteiger partial charge < -0.3 is 9.84 Å². The molecule has 0 aliphatic rings. The van der Waals surface area contributed by atoms with Crippen LogP contribution in [0.25, 0.3) is 0 Å². The van der Waals surface area contributed by atoms with E-state index in [1.165, 1.54) is 6.07 Å². The van der Waals surface area contributed by atoms with Gasteiger partial charge in [0.15, 0.2) is 5.78 Å². The van der Waals surface area contributed by atoms with Crippen LogP contribution in [-0.2, 0) is 4.74 Å². The number of Topliss-reactive ketones (excluding diaryl/α,β-unsaturated/α-hetero) is 1. The molecule has 0 fully saturated rings. The van der Waals surface area contributed by atoms with Crippen molar-refractivity contribution in [3.8, 4) is 5.75 Å². The molecule has 1 aromatic carbocycles. The lowest BCUT2D eigenvalue weighted by atomic mass is 10.1. The number of benzene rings is 1. The lowest BCUT2D eigenvalue weighted by Gasteiger charge is -2.09. The third kappa shape index (κ3) is 3.32. The van der Waals surface area contributed by atoms with Crippen LogP contribution in [0.1, 0.15) is 16.8 Å². The largest absolute Gasteiger partial charge is 0.507 e. The normalized spacial score (nSPS) is 12.4. The molecule has 1 aromatic rings. The fourth-order valence-corrected chi connectivity index (χ4v) is 1.64. The molecular weight excluding hydrogens is 260 g/mol. The lowest BCUT2D eigenvalue weighted by Crippen LogP contribution is -2.16. The van der Waals surface area contributed by atoms with Crippen molar-refractivity contribution in [1.82, 2.24) is 0 Å². The molecule has 0 amide bonds. The van der Waals surface area contributed by atoms with E-state index in [9.17, 15) is 9.90 Å². The first-order valence-electron chi connectivity index (χ1n) is 4.62. The van der Waals surface area contributed by atoms with Crippen molar-refractivity contribution in [2.75, 3.05) is 13.7 Å². The molecule has 15 heavy (non-hydrogen) atoms. The summed E-state index contributed by atoms with van der Waals surface area (Å²) in [5.41, 5.74) is 0.343. The number of carbonyl (C=O) groups excluding carboxylic acids is 1. The highest BCUT2D eigenvalue weighted by Crippen LogP contribution is 2.21. The van der Waals surface area contributed by atoms with Gasteiger partial charge in [-0.3, -0.25) is 4.79 Å². The van der Waals surface area contributed by atoms with E-state index < -0.39 is 0 Å². The van der Waals surface area contributed by atoms with Crippen molar-refractivity contribution < 1.29 is 14.6 Å². The van der Waals surface area contributed by atoms with Crippen LogP contribution in [0.4, 0.5) is 0 Å². The van der Waals surface area contributed by atoms with Crippen LogP contribution < -0.4 is 0 Å². The molecule has 3 nitrogen and oxygen atoms in total. The highest BCUT2D eigenvalue weighted by Gasteiger charge is 2.18. The summed E-state index contributed by atoms with van der Waals surface area (Å²) in [6, 6.07) is 6.52. The number of phenolic OH excluding ortho intramolecular Hbond substituents is 1. The zero-order chi connectivity index (χ0) is 11.3. The molecule has 82 valence electrons. The van der Waals surface area contributed by atoms with Crippen LogP contribution in [0.5, 0.6) is 5.75 Å². The third-order valence-electron chi connectivity index (χ3n) is 2.03. The number of phenols is 1. The molecule has 0 heterocycles. The van der Waals surface area contributed by atoms with E-state index in [0.717, 1.165) is 0 Å². The average molecular weight is 273 g/mol. The molecule has 0 spiro atoms. The Morgan fingerprint density at radius 2 is 2.20 bits per heavy atom. The molecular formula is C11H13BrO3. The summed E-state index contributed by atoms with van der Waals surface area (Å²) in [4.78, 5) is 11.5. The number of ketones is 1. The minimum absolute atomic E-state index is 0.0179. The van der Waals surface area contributed by atoms with E-state index in [0.29, 0.717) is 18.6 Å². The molecule has 0 radical (unpaired) electrons. The number of aromatic hydroxyl groups is 1. The molecule has 0 aliphatic heterocycles. The number of methoxy groups -OCH3 is 1. The fourth-order valence-electron chi connectivity index (χ4n) is 1.20. The minimum Gasteiger partial charge on any atom is -0.507 e. The van der Waals surface area contributed by atoms with Crippen LogP contribution in [0.15, 0.2) is 24.3 Å². The summed E-state index contributed by atoms with van der Waals surface area (Å²) >= 11 is 3.27. The Morgan fingerprint density at radius 3 is 2.80 bits per heavy atom. The van der Waals surface area contributed by atoms with Gasteiger partial charge in [0, 0.05) is 13.7 Å². The number of para-hydroxylation sites is 1. The summed E-state index contributed by atoms with van der Waals surface area (Å²) in [7, 11) is 1.59. The maximum Gasteiger partial charge on any atom is 0.180 e. The first-order chi connectivity index (χ1) is 7.16. The van der Waals surface area contributed by atoms with E-state index in [1.807, 2.05) is 0 Å². The van der Waals surface area contributed by atoms with Gasteiger partial charge in [-0.05, 0) is 18.6 Å². The number of alkyl halides is 1. The van der Waals surface area contributed by atoms with Crippen LogP contribution in [0, 0.1) is 0 Å². The standard InChI is InChI=1S/C11H13BrO3/c1-15-7-6-9(12)11(14)8-4-2-3-5-10(8)13/h2-5,9,13H,6-7H2,1H3. The van der Waals surface area contributed by atoms with E-state index in [1.54, 1.807) is 25.3 Å². The molecule has 0 bridgehead atoms. The van der Waals surface area contributed by atoms with Gasteiger partial charge in [0.05, 0.1) is 10.4 Å². The minimum atomic E-state index is -0.314. The van der Waals surface area contributed by atoms with Crippen LogP contribution in [0.3, 0.4) is 0 Å². The molecule has 0 aliphatic carbocycles. The highest BCUT2D eigenvalue weighted by atomic mass is 79.9. The number of ether oxygens (including phenoxy) is 1. The maximum absolute atomic E-state index is 11.8. The van der Waals surface area contributed by atoms with Gasteiger partial charge >= 0.3 is 0 Å². The molecule has 0 aromatic heterocycles. The van der Waals surface area contributed by atoms with Crippen LogP contribution in [0.2, 0.25) is 0 Å². The second-order valence-corrected chi connectivity index (χ2v) is 4.24. The van der Waals surface area contributed by atoms with Gasteiger partial charge in [-0.25, -0.2) is 0 Å². The van der Waals surface area contributed by atoms with Crippen molar-refractivity contribution >= 4 is 21.7 Å². The van der Waals surface area contributed by atoms with Crippen molar-refractivity contribution in [2.24, 2.45) is 0 Å². The van der Waals surface area contributed by atoms with Gasteiger partial charge in [-0.2, -0.15) is 0 Å². The highest BCUT2D eigenvalue weighted by molar-refractivity contribution is 9.10. The zero-order valence-electron chi connectivity index (χ0n) is 8.44. The SMILES string of the molecule is COCCC(Br)C(=O)c1ccccc1O. The monoisotopic (exact) mass is 272 g/mol. The van der Waals surface area contributed by atoms with E-state index in [4.69, 9.17) is 4.74 Å². The van der Waals surface area contributed by atoms with Gasteiger partial charge in [0.2, 0.25) is 0 Å². The number of hydrogen-bond donors (Lipinski definition) is 1. The molecule has 1 unspecified atom stereocenters. The number of hydrogen-bond acceptors (Lipinski definition) is 3. The summed E-state index contributed by atoms with van der Waals surface area (Å²) < 4.78 is 4.88. The summed E-state index contributed by atoms with van der Waals surface area (Å²) in [6.45, 7) is 0.509. The predicted octanol–water partition coefficient (Wildman–Crippen LogP) is 2.37. The number of rotatable bonds is 5. The number of halogens is 1. The second-order valence-electron chi connectivity index (χ2n) is 3.13. The van der Waals surface area contributed by atoms with Crippen LogP contribution in [-0.4, -0.2) is 29.4 Å². The third-order valence-corrected chi connectivity index (χ3v) is 2.90. The Hall–Kier alpha value is -0.870. The number of carbonyl (C=O) groups is 1. The Bertz CT molecular complexity index is 338. The lowest BCUT2D eigenvalue weighted by molar-refractivity contribution is 0.0971. The first kappa shape index (κ1) is 12.2. The Morgan fingerprint density at radius 1 is 1.53 bits per heavy atom. The van der Waals surface area contributed by atoms with Gasteiger partial charge in [0.1, 0.15) is 5.75 Å². The molecule has 1 atom stereocenters. The Kier molecular flexibility index (Phi) is 4.78. The van der Waals surface area contributed by atoms with E-state index in [2.05, 4.69) is 15.9 Å². The Labute approximate surface area is 97.2 Å². The molecule has 1 N–H and O–H groups in total. The van der Waals surface area contributed by atoms with E-state index >= 15 is 0 Å². The molecule has 0 saturated heterocycles. The van der Waals surface area contributed by atoms with Crippen molar-refractivity contribution in [3.63, 3.8) is 0 Å². The molecule has 4 heteroatoms. The topological polar surface area (TPSA) is 46.5 Å². The quantitative estimate of drug-likeness (QED) is 0.661. The first-order valence-corrected chi connectivity index (χ1v) is 5.53. The van der Waals surface area contributed by atoms with Crippen molar-refractivity contribution in [2.45, 2.75) is 11.2 Å². The van der Waals surface area contributed by atoms with Crippen molar-refractivity contribution in [1.29, 1.82) is 0 Å². The maximum atomic E-state index is 11.8. The summed E-state index contributed by atoms with van der Waals surface area (Å²) in [5, 5.41) is 9.48. The molecule has 0 saturated carbocycles. The Balaban J connectivity index is 2.72. The van der Waals surface area contributed by atoms with E-state index in [-0.39, 0.29) is 16.4 Å². The van der Waals surface area contributed by atoms with Gasteiger partial charge in [0.25, 0.3) is 0 Å². The fraction of sp³-hybridized carbons (Fsp3) is 0.364. The average Bonchev–Trinajstić information content (AvgIpc) is 2.25. The van der Waals surface area contributed by atoms with Gasteiger partial charge in [-0.1, -0.05) is 28.1 Å². The summed E-state index contributed by atoms with van der Waals surface area (Å²) in [5.74, 6) is -0.102. The van der Waals surface area contributed by atoms with Gasteiger partial charge in [-0.15, -0.1) is 0 Å². The predicted molar refractivity (Wildman–Crippen MR) is 61.6 cm³/mol. The second kappa shape index (κ2) is 5.88. The van der Waals surface area contributed by atoms with Crippen LogP contribution >= 0.6 is 15.9 Å². The zero-order valence-corrected chi connectivity index (χ0v) is 10.0. The molecule has 1 rings (SSSR count). The van der Waals surface area contributed by atoms with Crippen molar-refractivity contribution in [3.05, 3.63) is 29.8 Å².